The lowest BCUT2D eigenvalue weighted by molar-refractivity contribution is 0.102. The lowest BCUT2D eigenvalue weighted by Gasteiger charge is -2.10. The van der Waals surface area contributed by atoms with Gasteiger partial charge in [-0.2, -0.15) is 0 Å². The Morgan fingerprint density at radius 2 is 1.81 bits per heavy atom. The third kappa shape index (κ3) is 4.61. The van der Waals surface area contributed by atoms with E-state index in [-0.39, 0.29) is 17.4 Å². The van der Waals surface area contributed by atoms with Crippen LogP contribution in [0.15, 0.2) is 64.2 Å². The van der Waals surface area contributed by atoms with Crippen molar-refractivity contribution >= 4 is 17.5 Å². The van der Waals surface area contributed by atoms with E-state index in [9.17, 15) is 9.18 Å². The summed E-state index contributed by atoms with van der Waals surface area (Å²) >= 11 is 1.23. The normalized spacial score (nSPS) is 11.1. The standard InChI is InChI=1S/C24H22FN3O2S/c1-15-6-4-5-7-20(15)23-26-27-24(30-23)31-14-22(29)21-12-16(2)28(17(21)3)13-18-8-10-19(25)11-9-18/h4-12H,13-14H2,1-3H3. The summed E-state index contributed by atoms with van der Waals surface area (Å²) in [5.74, 6) is 0.393. The molecule has 0 aliphatic heterocycles. The predicted octanol–water partition coefficient (Wildman–Crippen LogP) is 5.63. The number of halogens is 1. The Morgan fingerprint density at radius 1 is 1.06 bits per heavy atom. The van der Waals surface area contributed by atoms with Crippen molar-refractivity contribution in [3.8, 4) is 11.5 Å². The van der Waals surface area contributed by atoms with Gasteiger partial charge in [0.25, 0.3) is 5.22 Å². The summed E-state index contributed by atoms with van der Waals surface area (Å²) in [6.07, 6.45) is 0. The third-order valence-electron chi connectivity index (χ3n) is 5.24. The van der Waals surface area contributed by atoms with Crippen LogP contribution in [-0.4, -0.2) is 26.3 Å². The van der Waals surface area contributed by atoms with Gasteiger partial charge in [0.05, 0.1) is 5.75 Å². The van der Waals surface area contributed by atoms with E-state index in [0.717, 1.165) is 28.1 Å². The van der Waals surface area contributed by atoms with Crippen LogP contribution in [0.4, 0.5) is 4.39 Å². The smallest absolute Gasteiger partial charge is 0.277 e. The number of rotatable bonds is 7. The summed E-state index contributed by atoms with van der Waals surface area (Å²) in [6, 6.07) is 16.1. The first-order chi connectivity index (χ1) is 14.9. The molecule has 0 aliphatic rings. The van der Waals surface area contributed by atoms with Crippen molar-refractivity contribution in [2.75, 3.05) is 5.75 Å². The van der Waals surface area contributed by atoms with E-state index in [2.05, 4.69) is 14.8 Å². The van der Waals surface area contributed by atoms with E-state index in [1.54, 1.807) is 12.1 Å². The Morgan fingerprint density at radius 3 is 2.55 bits per heavy atom. The number of aromatic nitrogens is 3. The number of hydrogen-bond acceptors (Lipinski definition) is 5. The van der Waals surface area contributed by atoms with Crippen LogP contribution in [0.2, 0.25) is 0 Å². The van der Waals surface area contributed by atoms with E-state index in [0.29, 0.717) is 23.2 Å². The SMILES string of the molecule is Cc1ccccc1-c1nnc(SCC(=O)c2cc(C)n(Cc3ccc(F)cc3)c2C)o1. The average Bonchev–Trinajstić information content (AvgIpc) is 3.34. The fraction of sp³-hybridized carbons (Fsp3) is 0.208. The van der Waals surface area contributed by atoms with Crippen molar-refractivity contribution in [1.29, 1.82) is 0 Å². The van der Waals surface area contributed by atoms with E-state index in [1.165, 1.54) is 23.9 Å². The molecule has 2 aromatic carbocycles. The van der Waals surface area contributed by atoms with Crippen LogP contribution in [0.3, 0.4) is 0 Å². The molecule has 0 radical (unpaired) electrons. The molecule has 0 bridgehead atoms. The second-order valence-corrected chi connectivity index (χ2v) is 8.32. The molecule has 158 valence electrons. The predicted molar refractivity (Wildman–Crippen MR) is 119 cm³/mol. The Hall–Kier alpha value is -3.19. The molecule has 0 amide bonds. The Bertz CT molecular complexity index is 1230. The maximum atomic E-state index is 13.2. The molecule has 2 heterocycles. The molecule has 2 aromatic heterocycles. The van der Waals surface area contributed by atoms with Crippen LogP contribution < -0.4 is 0 Å². The van der Waals surface area contributed by atoms with Crippen LogP contribution in [0.25, 0.3) is 11.5 Å². The fourth-order valence-corrected chi connectivity index (χ4v) is 4.14. The molecule has 0 fully saturated rings. The number of ketones is 1. The van der Waals surface area contributed by atoms with Crippen LogP contribution >= 0.6 is 11.8 Å². The fourth-order valence-electron chi connectivity index (χ4n) is 3.49. The highest BCUT2D eigenvalue weighted by Gasteiger charge is 2.18. The molecular weight excluding hydrogens is 413 g/mol. The maximum Gasteiger partial charge on any atom is 0.277 e. The molecule has 0 aliphatic carbocycles. The van der Waals surface area contributed by atoms with Crippen molar-refractivity contribution in [2.45, 2.75) is 32.5 Å². The van der Waals surface area contributed by atoms with Crippen molar-refractivity contribution in [1.82, 2.24) is 14.8 Å². The minimum atomic E-state index is -0.260. The molecule has 0 atom stereocenters. The topological polar surface area (TPSA) is 60.9 Å². The first kappa shape index (κ1) is 21.1. The summed E-state index contributed by atoms with van der Waals surface area (Å²) < 4.78 is 21.0. The average molecular weight is 436 g/mol. The summed E-state index contributed by atoms with van der Waals surface area (Å²) in [7, 11) is 0. The van der Waals surface area contributed by atoms with Crippen LogP contribution in [0.1, 0.15) is 32.9 Å². The number of carbonyl (C=O) groups excluding carboxylic acids is 1. The number of aryl methyl sites for hydroxylation is 2. The summed E-state index contributed by atoms with van der Waals surface area (Å²) in [5.41, 5.74) is 5.45. The van der Waals surface area contributed by atoms with Gasteiger partial charge in [-0.15, -0.1) is 10.2 Å². The van der Waals surface area contributed by atoms with E-state index in [4.69, 9.17) is 4.42 Å². The maximum absolute atomic E-state index is 13.2. The van der Waals surface area contributed by atoms with Gasteiger partial charge in [-0.25, -0.2) is 4.39 Å². The molecule has 0 saturated carbocycles. The third-order valence-corrected chi connectivity index (χ3v) is 6.06. The first-order valence-electron chi connectivity index (χ1n) is 9.89. The van der Waals surface area contributed by atoms with Gasteiger partial charge in [0.1, 0.15) is 5.82 Å². The van der Waals surface area contributed by atoms with Gasteiger partial charge in [-0.1, -0.05) is 42.1 Å². The molecule has 0 saturated heterocycles. The minimum absolute atomic E-state index is 0.000835. The van der Waals surface area contributed by atoms with Gasteiger partial charge < -0.3 is 8.98 Å². The Kier molecular flexibility index (Phi) is 6.04. The van der Waals surface area contributed by atoms with Crippen molar-refractivity contribution in [2.24, 2.45) is 0 Å². The number of benzene rings is 2. The summed E-state index contributed by atoms with van der Waals surface area (Å²) in [4.78, 5) is 12.9. The molecule has 4 rings (SSSR count). The number of carbonyl (C=O) groups is 1. The summed E-state index contributed by atoms with van der Waals surface area (Å²) in [5, 5.41) is 8.54. The highest BCUT2D eigenvalue weighted by Crippen LogP contribution is 2.27. The molecule has 0 unspecified atom stereocenters. The van der Waals surface area contributed by atoms with Crippen molar-refractivity contribution in [3.63, 3.8) is 0 Å². The molecule has 0 N–H and O–H groups in total. The molecule has 31 heavy (non-hydrogen) atoms. The molecule has 5 nitrogen and oxygen atoms in total. The molecular formula is C24H22FN3O2S. The van der Waals surface area contributed by atoms with Crippen LogP contribution in [-0.2, 0) is 6.54 Å². The van der Waals surface area contributed by atoms with E-state index in [1.807, 2.05) is 51.1 Å². The lowest BCUT2D eigenvalue weighted by atomic mass is 10.1. The monoisotopic (exact) mass is 435 g/mol. The Labute approximate surface area is 184 Å². The highest BCUT2D eigenvalue weighted by atomic mass is 32.2. The van der Waals surface area contributed by atoms with Gasteiger partial charge in [-0.05, 0) is 56.2 Å². The second-order valence-electron chi connectivity index (χ2n) is 7.40. The largest absolute Gasteiger partial charge is 0.411 e. The quantitative estimate of drug-likeness (QED) is 0.278. The van der Waals surface area contributed by atoms with Gasteiger partial charge >= 0.3 is 0 Å². The number of Topliss-reactive ketones (excluding diaryl/α,β-unsaturated/α-hetero) is 1. The zero-order chi connectivity index (χ0) is 22.0. The van der Waals surface area contributed by atoms with Gasteiger partial charge in [0.15, 0.2) is 5.78 Å². The number of nitrogens with zero attached hydrogens (tertiary/aromatic N) is 3. The first-order valence-corrected chi connectivity index (χ1v) is 10.9. The van der Waals surface area contributed by atoms with E-state index < -0.39 is 0 Å². The van der Waals surface area contributed by atoms with Crippen LogP contribution in [0, 0.1) is 26.6 Å². The van der Waals surface area contributed by atoms with Crippen LogP contribution in [0.5, 0.6) is 0 Å². The zero-order valence-corrected chi connectivity index (χ0v) is 18.4. The van der Waals surface area contributed by atoms with Gasteiger partial charge in [0.2, 0.25) is 5.89 Å². The highest BCUT2D eigenvalue weighted by molar-refractivity contribution is 7.99. The van der Waals surface area contributed by atoms with Crippen molar-refractivity contribution < 1.29 is 13.6 Å². The molecule has 7 heteroatoms. The second kappa shape index (κ2) is 8.89. The number of thioether (sulfide) groups is 1. The Balaban J connectivity index is 1.45. The molecule has 4 aromatic rings. The zero-order valence-electron chi connectivity index (χ0n) is 17.6. The van der Waals surface area contributed by atoms with Gasteiger partial charge in [0, 0.05) is 29.1 Å². The summed E-state index contributed by atoms with van der Waals surface area (Å²) in [6.45, 7) is 6.46. The minimum Gasteiger partial charge on any atom is -0.411 e. The van der Waals surface area contributed by atoms with E-state index >= 15 is 0 Å². The molecule has 0 spiro atoms. The lowest BCUT2D eigenvalue weighted by Crippen LogP contribution is -2.07. The van der Waals surface area contributed by atoms with Gasteiger partial charge in [-0.3, -0.25) is 4.79 Å². The van der Waals surface area contributed by atoms with Crippen molar-refractivity contribution in [3.05, 3.63) is 88.5 Å². The number of hydrogen-bond donors (Lipinski definition) is 0.